The number of halogens is 1. The third kappa shape index (κ3) is 3.55. The maximum Gasteiger partial charge on any atom is 0.263 e. The summed E-state index contributed by atoms with van der Waals surface area (Å²) in [5, 5.41) is 10.5. The van der Waals surface area contributed by atoms with E-state index in [0.29, 0.717) is 18.2 Å². The van der Waals surface area contributed by atoms with Crippen LogP contribution in [0.1, 0.15) is 18.4 Å². The van der Waals surface area contributed by atoms with Crippen LogP contribution in [0.3, 0.4) is 0 Å². The monoisotopic (exact) mass is 328 g/mol. The first-order valence-corrected chi connectivity index (χ1v) is 8.72. The summed E-state index contributed by atoms with van der Waals surface area (Å²) in [5.41, 5.74) is 1.76. The van der Waals surface area contributed by atoms with Crippen LogP contribution in [0.2, 0.25) is 0 Å². The Bertz CT molecular complexity index is 730. The van der Waals surface area contributed by atoms with E-state index in [0.717, 1.165) is 24.2 Å². The fraction of sp³-hybridized carbons (Fsp3) is 0.333. The minimum absolute atomic E-state index is 0.00620. The Morgan fingerprint density at radius 2 is 2.19 bits per heavy atom. The van der Waals surface area contributed by atoms with Gasteiger partial charge in [-0.05, 0) is 31.0 Å². The maximum atomic E-state index is 13.7. The van der Waals surface area contributed by atoms with Gasteiger partial charge in [-0.2, -0.15) is 0 Å². The molecular formula is C12H13FN4O2S2. The molecule has 1 saturated carbocycles. The number of nitrogens with one attached hydrogen (secondary N) is 2. The fourth-order valence-corrected chi connectivity index (χ4v) is 3.53. The molecule has 0 saturated heterocycles. The molecule has 2 aromatic rings. The highest BCUT2D eigenvalue weighted by atomic mass is 32.2. The van der Waals surface area contributed by atoms with Crippen LogP contribution >= 0.6 is 11.3 Å². The molecular weight excluding hydrogens is 315 g/mol. The fourth-order valence-electron chi connectivity index (χ4n) is 1.79. The second-order valence-electron chi connectivity index (χ2n) is 4.76. The number of hydrogen-bond acceptors (Lipinski definition) is 6. The minimum Gasteiger partial charge on any atom is -0.310 e. The van der Waals surface area contributed by atoms with Gasteiger partial charge in [0.15, 0.2) is 0 Å². The van der Waals surface area contributed by atoms with E-state index in [4.69, 9.17) is 0 Å². The SMILES string of the molecule is O=S(=O)(Nc1nncs1)c1ccc(F)c(CNC2CC2)c1. The van der Waals surface area contributed by atoms with Crippen molar-refractivity contribution in [1.29, 1.82) is 0 Å². The zero-order valence-corrected chi connectivity index (χ0v) is 12.5. The molecule has 1 aromatic heterocycles. The molecule has 1 aliphatic rings. The number of anilines is 1. The lowest BCUT2D eigenvalue weighted by molar-refractivity contribution is 0.581. The number of sulfonamides is 1. The lowest BCUT2D eigenvalue weighted by Gasteiger charge is -2.09. The van der Waals surface area contributed by atoms with Crippen LogP contribution in [-0.2, 0) is 16.6 Å². The second-order valence-corrected chi connectivity index (χ2v) is 7.27. The van der Waals surface area contributed by atoms with Gasteiger partial charge in [-0.3, -0.25) is 4.72 Å². The van der Waals surface area contributed by atoms with Crippen LogP contribution in [0.25, 0.3) is 0 Å². The standard InChI is InChI=1S/C12H13FN4O2S2/c13-11-4-3-10(5-8(11)6-14-9-1-2-9)21(18,19)17-12-16-15-7-20-12/h3-5,7,9,14H,1-2,6H2,(H,16,17). The van der Waals surface area contributed by atoms with Crippen molar-refractivity contribution in [2.45, 2.75) is 30.3 Å². The Balaban J connectivity index is 1.81. The number of aromatic nitrogens is 2. The molecule has 1 aliphatic carbocycles. The zero-order chi connectivity index (χ0) is 14.9. The van der Waals surface area contributed by atoms with Crippen molar-refractivity contribution in [2.75, 3.05) is 4.72 Å². The van der Waals surface area contributed by atoms with Gasteiger partial charge >= 0.3 is 0 Å². The molecule has 112 valence electrons. The molecule has 2 N–H and O–H groups in total. The molecule has 0 unspecified atom stereocenters. The van der Waals surface area contributed by atoms with Gasteiger partial charge in [0.2, 0.25) is 5.13 Å². The van der Waals surface area contributed by atoms with Gasteiger partial charge in [0, 0.05) is 18.2 Å². The molecule has 0 aliphatic heterocycles. The van der Waals surface area contributed by atoms with Gasteiger partial charge < -0.3 is 5.32 Å². The van der Waals surface area contributed by atoms with Crippen molar-refractivity contribution in [3.05, 3.63) is 35.1 Å². The summed E-state index contributed by atoms with van der Waals surface area (Å²) in [6.07, 6.45) is 2.16. The first-order valence-electron chi connectivity index (χ1n) is 6.35. The van der Waals surface area contributed by atoms with Crippen LogP contribution in [0.4, 0.5) is 9.52 Å². The molecule has 0 spiro atoms. The average molecular weight is 328 g/mol. The Kier molecular flexibility index (Phi) is 3.87. The Morgan fingerprint density at radius 1 is 1.38 bits per heavy atom. The van der Waals surface area contributed by atoms with Gasteiger partial charge in [0.05, 0.1) is 4.90 Å². The van der Waals surface area contributed by atoms with Crippen LogP contribution in [0.5, 0.6) is 0 Å². The van der Waals surface area contributed by atoms with E-state index in [-0.39, 0.29) is 10.0 Å². The lowest BCUT2D eigenvalue weighted by atomic mass is 10.2. The molecule has 21 heavy (non-hydrogen) atoms. The average Bonchev–Trinajstić information content (AvgIpc) is 3.14. The normalized spacial score (nSPS) is 15.1. The predicted octanol–water partition coefficient (Wildman–Crippen LogP) is 1.73. The van der Waals surface area contributed by atoms with Gasteiger partial charge in [0.25, 0.3) is 10.0 Å². The Labute approximate surface area is 125 Å². The molecule has 1 heterocycles. The summed E-state index contributed by atoms with van der Waals surface area (Å²) in [6, 6.07) is 4.16. The summed E-state index contributed by atoms with van der Waals surface area (Å²) in [6.45, 7) is 0.318. The van der Waals surface area contributed by atoms with Crippen LogP contribution in [0.15, 0.2) is 28.6 Å². The molecule has 6 nitrogen and oxygen atoms in total. The van der Waals surface area contributed by atoms with Crippen molar-refractivity contribution in [2.24, 2.45) is 0 Å². The quantitative estimate of drug-likeness (QED) is 0.844. The van der Waals surface area contributed by atoms with E-state index in [1.165, 1.54) is 23.7 Å². The number of rotatable bonds is 6. The summed E-state index contributed by atoms with van der Waals surface area (Å²) < 4.78 is 40.4. The third-order valence-electron chi connectivity index (χ3n) is 3.07. The van der Waals surface area contributed by atoms with Crippen molar-refractivity contribution in [3.63, 3.8) is 0 Å². The Hall–Kier alpha value is -1.58. The van der Waals surface area contributed by atoms with Gasteiger partial charge in [-0.25, -0.2) is 12.8 Å². The predicted molar refractivity (Wildman–Crippen MR) is 77.0 cm³/mol. The van der Waals surface area contributed by atoms with E-state index in [1.807, 2.05) is 0 Å². The largest absolute Gasteiger partial charge is 0.310 e. The number of benzene rings is 1. The van der Waals surface area contributed by atoms with E-state index < -0.39 is 15.8 Å². The summed E-state index contributed by atoms with van der Waals surface area (Å²) in [5.74, 6) is -0.419. The Morgan fingerprint density at radius 3 is 2.86 bits per heavy atom. The lowest BCUT2D eigenvalue weighted by Crippen LogP contribution is -2.18. The van der Waals surface area contributed by atoms with Crippen molar-refractivity contribution >= 4 is 26.5 Å². The summed E-state index contributed by atoms with van der Waals surface area (Å²) >= 11 is 1.08. The molecule has 0 atom stereocenters. The molecule has 0 bridgehead atoms. The van der Waals surface area contributed by atoms with E-state index >= 15 is 0 Å². The van der Waals surface area contributed by atoms with Crippen molar-refractivity contribution in [3.8, 4) is 0 Å². The molecule has 0 radical (unpaired) electrons. The highest BCUT2D eigenvalue weighted by Gasteiger charge is 2.22. The zero-order valence-electron chi connectivity index (χ0n) is 10.9. The van der Waals surface area contributed by atoms with Gasteiger partial charge in [-0.15, -0.1) is 10.2 Å². The first kappa shape index (κ1) is 14.4. The second kappa shape index (κ2) is 5.66. The molecule has 9 heteroatoms. The molecule has 3 rings (SSSR count). The number of nitrogens with zero attached hydrogens (tertiary/aromatic N) is 2. The van der Waals surface area contributed by atoms with Gasteiger partial charge in [-0.1, -0.05) is 11.3 Å². The molecule has 1 aromatic carbocycles. The highest BCUT2D eigenvalue weighted by molar-refractivity contribution is 7.93. The van der Waals surface area contributed by atoms with Crippen LogP contribution in [-0.4, -0.2) is 24.7 Å². The topological polar surface area (TPSA) is 84.0 Å². The maximum absolute atomic E-state index is 13.7. The first-order chi connectivity index (χ1) is 10.0. The van der Waals surface area contributed by atoms with Crippen molar-refractivity contribution < 1.29 is 12.8 Å². The molecule has 1 fully saturated rings. The van der Waals surface area contributed by atoms with Crippen LogP contribution < -0.4 is 10.0 Å². The molecule has 0 amide bonds. The van der Waals surface area contributed by atoms with E-state index in [2.05, 4.69) is 20.2 Å². The summed E-state index contributed by atoms with van der Waals surface area (Å²) in [4.78, 5) is 0.00620. The smallest absolute Gasteiger partial charge is 0.263 e. The van der Waals surface area contributed by atoms with E-state index in [9.17, 15) is 12.8 Å². The van der Waals surface area contributed by atoms with Crippen LogP contribution in [0, 0.1) is 5.82 Å². The third-order valence-corrected chi connectivity index (χ3v) is 5.14. The van der Waals surface area contributed by atoms with E-state index in [1.54, 1.807) is 0 Å². The van der Waals surface area contributed by atoms with Crippen molar-refractivity contribution in [1.82, 2.24) is 15.5 Å². The summed E-state index contributed by atoms with van der Waals surface area (Å²) in [7, 11) is -3.78. The minimum atomic E-state index is -3.78. The number of hydrogen-bond donors (Lipinski definition) is 2. The highest BCUT2D eigenvalue weighted by Crippen LogP contribution is 2.22. The van der Waals surface area contributed by atoms with Gasteiger partial charge in [0.1, 0.15) is 11.3 Å².